The number of halogens is 2. The predicted octanol–water partition coefficient (Wildman–Crippen LogP) is 6.30. The molecule has 234 valence electrons. The van der Waals surface area contributed by atoms with Crippen molar-refractivity contribution in [2.24, 2.45) is 5.92 Å². The standard InChI is InChI=1S/C34H35Cl2N5O4/c1-19(2)30(21-8-13-25(45-5)14-9-21)39-34-38-29-18-40(32(43)23-10-15-27(35)28(36)17-23)20(3)16-26(29)33(44)41(34)24-11-6-22(7-12-24)31(42)37-4/h6-15,17,19-20,30H,16,18H2,1-5H3,(H,37,42)(H,38,39)/t20-,30+/m1/s1. The zero-order valence-electron chi connectivity index (χ0n) is 25.7. The van der Waals surface area contributed by atoms with Gasteiger partial charge >= 0.3 is 0 Å². The Bertz CT molecular complexity index is 1790. The number of hydrogen-bond acceptors (Lipinski definition) is 6. The third-order valence-corrected chi connectivity index (χ3v) is 8.82. The number of benzene rings is 3. The van der Waals surface area contributed by atoms with Gasteiger partial charge in [0.25, 0.3) is 17.4 Å². The van der Waals surface area contributed by atoms with E-state index in [1.165, 1.54) is 0 Å². The highest BCUT2D eigenvalue weighted by molar-refractivity contribution is 6.42. The van der Waals surface area contributed by atoms with E-state index in [-0.39, 0.29) is 41.9 Å². The molecular formula is C34H35Cl2N5O4. The summed E-state index contributed by atoms with van der Waals surface area (Å²) in [4.78, 5) is 46.8. The summed E-state index contributed by atoms with van der Waals surface area (Å²) in [7, 11) is 3.19. The van der Waals surface area contributed by atoms with Gasteiger partial charge in [0.15, 0.2) is 0 Å². The molecule has 0 radical (unpaired) electrons. The molecule has 2 N–H and O–H groups in total. The van der Waals surface area contributed by atoms with Gasteiger partial charge in [-0.1, -0.05) is 49.2 Å². The fourth-order valence-electron chi connectivity index (χ4n) is 5.55. The molecule has 1 aliphatic heterocycles. The van der Waals surface area contributed by atoms with Crippen molar-refractivity contribution in [1.29, 1.82) is 0 Å². The highest BCUT2D eigenvalue weighted by atomic mass is 35.5. The summed E-state index contributed by atoms with van der Waals surface area (Å²) in [6, 6.07) is 18.9. The van der Waals surface area contributed by atoms with Crippen LogP contribution in [0.3, 0.4) is 0 Å². The maximum absolute atomic E-state index is 14.3. The Balaban J connectivity index is 1.61. The molecule has 5 rings (SSSR count). The molecule has 0 bridgehead atoms. The van der Waals surface area contributed by atoms with Crippen molar-refractivity contribution < 1.29 is 14.3 Å². The number of amides is 2. The van der Waals surface area contributed by atoms with Gasteiger partial charge in [0.1, 0.15) is 5.75 Å². The minimum absolute atomic E-state index is 0.114. The molecule has 0 aliphatic carbocycles. The molecule has 4 aromatic rings. The van der Waals surface area contributed by atoms with Crippen LogP contribution in [-0.4, -0.2) is 46.5 Å². The number of nitrogens with one attached hydrogen (secondary N) is 2. The van der Waals surface area contributed by atoms with Crippen molar-refractivity contribution in [2.75, 3.05) is 19.5 Å². The topological polar surface area (TPSA) is 106 Å². The number of fused-ring (bicyclic) bond motifs is 1. The lowest BCUT2D eigenvalue weighted by molar-refractivity contribution is 0.0653. The first-order chi connectivity index (χ1) is 21.5. The van der Waals surface area contributed by atoms with E-state index in [1.54, 1.807) is 66.1 Å². The summed E-state index contributed by atoms with van der Waals surface area (Å²) >= 11 is 12.3. The first kappa shape index (κ1) is 32.1. The smallest absolute Gasteiger partial charge is 0.263 e. The SMILES string of the molecule is CNC(=O)c1ccc(-n2c(N[C@H](c3ccc(OC)cc3)C(C)C)nc3c(c2=O)C[C@@H](C)N(C(=O)c2ccc(Cl)c(Cl)c2)C3)cc1. The summed E-state index contributed by atoms with van der Waals surface area (Å²) in [6.07, 6.45) is 0.316. The predicted molar refractivity (Wildman–Crippen MR) is 177 cm³/mol. The summed E-state index contributed by atoms with van der Waals surface area (Å²) < 4.78 is 6.90. The van der Waals surface area contributed by atoms with E-state index in [0.29, 0.717) is 50.5 Å². The van der Waals surface area contributed by atoms with Gasteiger partial charge in [0.2, 0.25) is 5.95 Å². The third-order valence-electron chi connectivity index (χ3n) is 8.08. The molecule has 1 aliphatic rings. The normalized spacial score (nSPS) is 14.9. The van der Waals surface area contributed by atoms with Gasteiger partial charge in [0.05, 0.1) is 41.1 Å². The number of methoxy groups -OCH3 is 1. The van der Waals surface area contributed by atoms with Crippen LogP contribution in [0, 0.1) is 5.92 Å². The Morgan fingerprint density at radius 3 is 2.24 bits per heavy atom. The van der Waals surface area contributed by atoms with Gasteiger partial charge in [0, 0.05) is 29.8 Å². The minimum Gasteiger partial charge on any atom is -0.497 e. The average Bonchev–Trinajstić information content (AvgIpc) is 3.04. The Kier molecular flexibility index (Phi) is 9.51. The van der Waals surface area contributed by atoms with Crippen LogP contribution < -0.4 is 20.9 Å². The lowest BCUT2D eigenvalue weighted by Gasteiger charge is -2.35. The van der Waals surface area contributed by atoms with Gasteiger partial charge in [-0.2, -0.15) is 0 Å². The molecule has 2 atom stereocenters. The Morgan fingerprint density at radius 1 is 0.978 bits per heavy atom. The number of carbonyl (C=O) groups excluding carboxylic acids is 2. The number of aromatic nitrogens is 2. The average molecular weight is 649 g/mol. The first-order valence-electron chi connectivity index (χ1n) is 14.7. The maximum Gasteiger partial charge on any atom is 0.263 e. The van der Waals surface area contributed by atoms with E-state index in [4.69, 9.17) is 32.9 Å². The van der Waals surface area contributed by atoms with Crippen LogP contribution in [0.4, 0.5) is 5.95 Å². The van der Waals surface area contributed by atoms with Gasteiger partial charge < -0.3 is 20.3 Å². The summed E-state index contributed by atoms with van der Waals surface area (Å²) in [6.45, 7) is 6.22. The molecule has 3 aromatic carbocycles. The van der Waals surface area contributed by atoms with Crippen molar-refractivity contribution in [1.82, 2.24) is 19.8 Å². The molecule has 0 fully saturated rings. The van der Waals surface area contributed by atoms with Crippen molar-refractivity contribution >= 4 is 41.0 Å². The molecule has 0 saturated carbocycles. The highest BCUT2D eigenvalue weighted by Crippen LogP contribution is 2.31. The van der Waals surface area contributed by atoms with Crippen LogP contribution in [0.25, 0.3) is 5.69 Å². The van der Waals surface area contributed by atoms with Gasteiger partial charge in [-0.25, -0.2) is 9.55 Å². The largest absolute Gasteiger partial charge is 0.497 e. The minimum atomic E-state index is -0.278. The second kappa shape index (κ2) is 13.3. The van der Waals surface area contributed by atoms with Crippen LogP contribution in [0.15, 0.2) is 71.5 Å². The molecular weight excluding hydrogens is 613 g/mol. The summed E-state index contributed by atoms with van der Waals surface area (Å²) in [5.41, 5.74) is 3.24. The molecule has 9 nitrogen and oxygen atoms in total. The van der Waals surface area contributed by atoms with E-state index in [9.17, 15) is 14.4 Å². The second-order valence-electron chi connectivity index (χ2n) is 11.4. The lowest BCUT2D eigenvalue weighted by Crippen LogP contribution is -2.46. The molecule has 11 heteroatoms. The third kappa shape index (κ3) is 6.55. The quantitative estimate of drug-likeness (QED) is 0.232. The van der Waals surface area contributed by atoms with Gasteiger partial charge in [-0.3, -0.25) is 14.4 Å². The molecule has 2 amide bonds. The summed E-state index contributed by atoms with van der Waals surface area (Å²) in [5, 5.41) is 6.81. The highest BCUT2D eigenvalue weighted by Gasteiger charge is 2.33. The number of rotatable bonds is 8. The molecule has 0 unspecified atom stereocenters. The van der Waals surface area contributed by atoms with E-state index >= 15 is 0 Å². The first-order valence-corrected chi connectivity index (χ1v) is 15.4. The van der Waals surface area contributed by atoms with E-state index in [0.717, 1.165) is 11.3 Å². The second-order valence-corrected chi connectivity index (χ2v) is 12.2. The summed E-state index contributed by atoms with van der Waals surface area (Å²) in [5.74, 6) is 0.730. The molecule has 1 aromatic heterocycles. The Labute approximate surface area is 272 Å². The fourth-order valence-corrected chi connectivity index (χ4v) is 5.85. The van der Waals surface area contributed by atoms with Crippen LogP contribution in [0.5, 0.6) is 5.75 Å². The number of carbonyl (C=O) groups is 2. The van der Waals surface area contributed by atoms with Crippen molar-refractivity contribution in [2.45, 2.75) is 45.8 Å². The Hall–Kier alpha value is -4.34. The number of nitrogens with zero attached hydrogens (tertiary/aromatic N) is 3. The van der Waals surface area contributed by atoms with Crippen LogP contribution in [0.2, 0.25) is 10.0 Å². The Morgan fingerprint density at radius 2 is 1.64 bits per heavy atom. The van der Waals surface area contributed by atoms with Crippen molar-refractivity contribution in [3.63, 3.8) is 0 Å². The van der Waals surface area contributed by atoms with E-state index in [1.807, 2.05) is 31.2 Å². The monoisotopic (exact) mass is 647 g/mol. The molecule has 0 spiro atoms. The van der Waals surface area contributed by atoms with Gasteiger partial charge in [-0.05, 0) is 79.4 Å². The van der Waals surface area contributed by atoms with Gasteiger partial charge in [-0.15, -0.1) is 0 Å². The fraction of sp³-hybridized carbons (Fsp3) is 0.294. The van der Waals surface area contributed by atoms with Crippen LogP contribution in [0.1, 0.15) is 64.3 Å². The molecule has 45 heavy (non-hydrogen) atoms. The van der Waals surface area contributed by atoms with E-state index < -0.39 is 0 Å². The van der Waals surface area contributed by atoms with Crippen molar-refractivity contribution in [3.05, 3.63) is 115 Å². The molecule has 0 saturated heterocycles. The maximum atomic E-state index is 14.3. The van der Waals surface area contributed by atoms with Crippen molar-refractivity contribution in [3.8, 4) is 11.4 Å². The zero-order valence-corrected chi connectivity index (χ0v) is 27.2. The lowest BCUT2D eigenvalue weighted by atomic mass is 9.96. The van der Waals surface area contributed by atoms with Crippen LogP contribution in [-0.2, 0) is 13.0 Å². The molecule has 2 heterocycles. The van der Waals surface area contributed by atoms with E-state index in [2.05, 4.69) is 24.5 Å². The zero-order chi connectivity index (χ0) is 32.4. The number of anilines is 1. The van der Waals surface area contributed by atoms with Crippen LogP contribution >= 0.6 is 23.2 Å². The number of ether oxygens (including phenoxy) is 1. The number of hydrogen-bond donors (Lipinski definition) is 2.